The fourth-order valence-electron chi connectivity index (χ4n) is 1.97. The van der Waals surface area contributed by atoms with Gasteiger partial charge in [0.2, 0.25) is 0 Å². The van der Waals surface area contributed by atoms with Crippen molar-refractivity contribution < 1.29 is 4.39 Å². The molecule has 2 heterocycles. The summed E-state index contributed by atoms with van der Waals surface area (Å²) in [6.45, 7) is 1.97. The zero-order chi connectivity index (χ0) is 10.7. The molecule has 1 unspecified atom stereocenters. The molecule has 82 valence electrons. The molecule has 0 aliphatic carbocycles. The molecule has 1 N–H and O–H groups in total. The summed E-state index contributed by atoms with van der Waals surface area (Å²) in [6.07, 6.45) is 3.87. The number of pyridine rings is 1. The first kappa shape index (κ1) is 10.4. The van der Waals surface area contributed by atoms with Gasteiger partial charge in [-0.05, 0) is 31.5 Å². The van der Waals surface area contributed by atoms with Gasteiger partial charge in [0.15, 0.2) is 11.6 Å². The van der Waals surface area contributed by atoms with Crippen LogP contribution in [0.1, 0.15) is 12.8 Å². The minimum Gasteiger partial charge on any atom is -0.353 e. The summed E-state index contributed by atoms with van der Waals surface area (Å²) in [5.74, 6) is 0.205. The Balaban J connectivity index is 2.12. The highest BCUT2D eigenvalue weighted by atomic mass is 19.1. The van der Waals surface area contributed by atoms with Gasteiger partial charge in [-0.25, -0.2) is 9.37 Å². The summed E-state index contributed by atoms with van der Waals surface area (Å²) in [7, 11) is 1.91. The van der Waals surface area contributed by atoms with E-state index >= 15 is 0 Å². The van der Waals surface area contributed by atoms with E-state index in [1.807, 2.05) is 11.9 Å². The van der Waals surface area contributed by atoms with E-state index in [9.17, 15) is 4.39 Å². The maximum atomic E-state index is 13.5. The third kappa shape index (κ3) is 2.26. The second-order valence-electron chi connectivity index (χ2n) is 3.92. The average Bonchev–Trinajstić information content (AvgIpc) is 2.30. The van der Waals surface area contributed by atoms with Gasteiger partial charge < -0.3 is 10.2 Å². The number of hydrogen-bond donors (Lipinski definition) is 1. The number of nitrogens with one attached hydrogen (secondary N) is 1. The monoisotopic (exact) mass is 209 g/mol. The van der Waals surface area contributed by atoms with Gasteiger partial charge in [-0.1, -0.05) is 0 Å². The van der Waals surface area contributed by atoms with Gasteiger partial charge in [0, 0.05) is 25.8 Å². The van der Waals surface area contributed by atoms with Gasteiger partial charge in [-0.15, -0.1) is 0 Å². The molecular weight excluding hydrogens is 193 g/mol. The van der Waals surface area contributed by atoms with Gasteiger partial charge in [-0.3, -0.25) is 0 Å². The van der Waals surface area contributed by atoms with Crippen LogP contribution in [0.5, 0.6) is 0 Å². The molecule has 0 aromatic carbocycles. The second kappa shape index (κ2) is 4.57. The molecule has 0 amide bonds. The summed E-state index contributed by atoms with van der Waals surface area (Å²) in [5, 5.41) is 3.31. The smallest absolute Gasteiger partial charge is 0.165 e. The van der Waals surface area contributed by atoms with Gasteiger partial charge >= 0.3 is 0 Å². The molecule has 1 saturated heterocycles. The van der Waals surface area contributed by atoms with Crippen LogP contribution in [0.15, 0.2) is 18.3 Å². The number of aromatic nitrogens is 1. The number of halogens is 1. The third-order valence-corrected chi connectivity index (χ3v) is 2.89. The number of likely N-dealkylation sites (N-methyl/N-ethyl adjacent to an activating group) is 1. The summed E-state index contributed by atoms with van der Waals surface area (Å²) >= 11 is 0. The van der Waals surface area contributed by atoms with E-state index in [0.717, 1.165) is 25.9 Å². The van der Waals surface area contributed by atoms with Crippen molar-refractivity contribution in [3.05, 3.63) is 24.1 Å². The maximum absolute atomic E-state index is 13.5. The first-order valence-corrected chi connectivity index (χ1v) is 5.33. The highest BCUT2D eigenvalue weighted by Gasteiger charge is 2.20. The standard InChI is InChI=1S/C11H16FN3/c1-15(9-4-2-6-13-8-9)11-10(12)5-3-7-14-11/h3,5,7,9,13H,2,4,6,8H2,1H3. The summed E-state index contributed by atoms with van der Waals surface area (Å²) in [5.41, 5.74) is 0. The normalized spacial score (nSPS) is 21.3. The molecule has 0 saturated carbocycles. The Hall–Kier alpha value is -1.16. The van der Waals surface area contributed by atoms with E-state index in [2.05, 4.69) is 10.3 Å². The Morgan fingerprint density at radius 3 is 3.13 bits per heavy atom. The van der Waals surface area contributed by atoms with Crippen LogP contribution in [-0.2, 0) is 0 Å². The molecule has 1 aromatic heterocycles. The largest absolute Gasteiger partial charge is 0.353 e. The van der Waals surface area contributed by atoms with Crippen LogP contribution in [0.2, 0.25) is 0 Å². The lowest BCUT2D eigenvalue weighted by Gasteiger charge is -2.32. The Bertz CT molecular complexity index is 323. The van der Waals surface area contributed by atoms with Crippen LogP contribution >= 0.6 is 0 Å². The molecular formula is C11H16FN3. The lowest BCUT2D eigenvalue weighted by atomic mass is 10.1. The quantitative estimate of drug-likeness (QED) is 0.798. The fourth-order valence-corrected chi connectivity index (χ4v) is 1.97. The molecule has 1 atom stereocenters. The Morgan fingerprint density at radius 2 is 2.47 bits per heavy atom. The SMILES string of the molecule is CN(c1ncccc1F)C1CCCNC1. The van der Waals surface area contributed by atoms with Gasteiger partial charge in [0.05, 0.1) is 0 Å². The summed E-state index contributed by atoms with van der Waals surface area (Å²) < 4.78 is 13.5. The summed E-state index contributed by atoms with van der Waals surface area (Å²) in [6, 6.07) is 3.42. The molecule has 2 rings (SSSR count). The van der Waals surface area contributed by atoms with Crippen LogP contribution in [0.3, 0.4) is 0 Å². The first-order valence-electron chi connectivity index (χ1n) is 5.33. The number of hydrogen-bond acceptors (Lipinski definition) is 3. The van der Waals surface area contributed by atoms with Crippen molar-refractivity contribution in [2.75, 3.05) is 25.0 Å². The van der Waals surface area contributed by atoms with E-state index in [-0.39, 0.29) is 5.82 Å². The molecule has 1 fully saturated rings. The Morgan fingerprint density at radius 1 is 1.60 bits per heavy atom. The van der Waals surface area contributed by atoms with Gasteiger partial charge in [-0.2, -0.15) is 0 Å². The second-order valence-corrected chi connectivity index (χ2v) is 3.92. The Labute approximate surface area is 89.3 Å². The predicted octanol–water partition coefficient (Wildman–Crippen LogP) is 1.41. The minimum absolute atomic E-state index is 0.245. The van der Waals surface area contributed by atoms with Gasteiger partial charge in [0.25, 0.3) is 0 Å². The Kier molecular flexibility index (Phi) is 3.16. The number of rotatable bonds is 2. The first-order chi connectivity index (χ1) is 7.29. The lowest BCUT2D eigenvalue weighted by Crippen LogP contribution is -2.44. The van der Waals surface area contributed by atoms with E-state index in [1.54, 1.807) is 12.3 Å². The molecule has 4 heteroatoms. The number of nitrogens with zero attached hydrogens (tertiary/aromatic N) is 2. The third-order valence-electron chi connectivity index (χ3n) is 2.89. The van der Waals surface area contributed by atoms with E-state index in [4.69, 9.17) is 0 Å². The van der Waals surface area contributed by atoms with Crippen LogP contribution < -0.4 is 10.2 Å². The van der Waals surface area contributed by atoms with Gasteiger partial charge in [0.1, 0.15) is 0 Å². The van der Waals surface area contributed by atoms with Crippen LogP contribution in [0.25, 0.3) is 0 Å². The van der Waals surface area contributed by atoms with E-state index in [1.165, 1.54) is 6.07 Å². The van der Waals surface area contributed by atoms with Crippen molar-refractivity contribution in [3.63, 3.8) is 0 Å². The lowest BCUT2D eigenvalue weighted by molar-refractivity contribution is 0.439. The van der Waals surface area contributed by atoms with Crippen LogP contribution in [-0.4, -0.2) is 31.2 Å². The average molecular weight is 209 g/mol. The molecule has 1 aliphatic heterocycles. The van der Waals surface area contributed by atoms with Crippen molar-refractivity contribution in [2.24, 2.45) is 0 Å². The molecule has 3 nitrogen and oxygen atoms in total. The highest BCUT2D eigenvalue weighted by molar-refractivity contribution is 5.40. The molecule has 15 heavy (non-hydrogen) atoms. The zero-order valence-corrected chi connectivity index (χ0v) is 8.91. The maximum Gasteiger partial charge on any atom is 0.165 e. The molecule has 0 bridgehead atoms. The van der Waals surface area contributed by atoms with Crippen LogP contribution in [0.4, 0.5) is 10.2 Å². The predicted molar refractivity (Wildman–Crippen MR) is 58.5 cm³/mol. The van der Waals surface area contributed by atoms with Crippen LogP contribution in [0, 0.1) is 5.82 Å². The van der Waals surface area contributed by atoms with Crippen molar-refractivity contribution in [2.45, 2.75) is 18.9 Å². The van der Waals surface area contributed by atoms with Crippen molar-refractivity contribution in [3.8, 4) is 0 Å². The molecule has 0 radical (unpaired) electrons. The number of piperidine rings is 1. The molecule has 1 aromatic rings. The van der Waals surface area contributed by atoms with Crippen molar-refractivity contribution in [1.82, 2.24) is 10.3 Å². The topological polar surface area (TPSA) is 28.2 Å². The zero-order valence-electron chi connectivity index (χ0n) is 8.91. The van der Waals surface area contributed by atoms with E-state index < -0.39 is 0 Å². The molecule has 0 spiro atoms. The van der Waals surface area contributed by atoms with Crippen molar-refractivity contribution in [1.29, 1.82) is 0 Å². The molecule has 1 aliphatic rings. The number of anilines is 1. The fraction of sp³-hybridized carbons (Fsp3) is 0.545. The minimum atomic E-state index is -0.245. The van der Waals surface area contributed by atoms with E-state index in [0.29, 0.717) is 11.9 Å². The highest BCUT2D eigenvalue weighted by Crippen LogP contribution is 2.19. The summed E-state index contributed by atoms with van der Waals surface area (Å²) in [4.78, 5) is 6.01. The van der Waals surface area contributed by atoms with Crippen molar-refractivity contribution >= 4 is 5.82 Å².